The summed E-state index contributed by atoms with van der Waals surface area (Å²) in [7, 11) is 0. The number of rotatable bonds is 14. The molecule has 12 heteroatoms. The third-order valence-corrected chi connectivity index (χ3v) is 15.0. The van der Waals surface area contributed by atoms with Crippen LogP contribution in [0.5, 0.6) is 0 Å². The normalized spacial score (nSPS) is 28.9. The first-order valence-corrected chi connectivity index (χ1v) is 28.3. The maximum absolute atomic E-state index is 13.5. The first-order chi connectivity index (χ1) is 38.2. The van der Waals surface area contributed by atoms with Crippen LogP contribution in [0.1, 0.15) is 137 Å². The van der Waals surface area contributed by atoms with Gasteiger partial charge in [-0.05, 0) is 113 Å². The van der Waals surface area contributed by atoms with Gasteiger partial charge in [-0.25, -0.2) is 0 Å². The Morgan fingerprint density at radius 2 is 0.889 bits per heavy atom. The zero-order valence-corrected chi connectivity index (χ0v) is 48.6. The number of aliphatic hydroxyl groups is 3. The Kier molecular flexibility index (Phi) is 28.0. The van der Waals surface area contributed by atoms with Gasteiger partial charge < -0.3 is 43.7 Å². The Bertz CT molecular complexity index is 2750. The van der Waals surface area contributed by atoms with E-state index in [1.807, 2.05) is 163 Å². The number of Topliss-reactive ketones (excluding diaryl/α,β-unsaturated/α-hetero) is 1. The molecule has 0 unspecified atom stereocenters. The number of carbonyl (C=O) groups excluding carboxylic acids is 3. The fourth-order valence-electron chi connectivity index (χ4n) is 9.67. The van der Waals surface area contributed by atoms with Crippen LogP contribution in [0.2, 0.25) is 0 Å². The van der Waals surface area contributed by atoms with E-state index in [0.717, 1.165) is 33.4 Å². The van der Waals surface area contributed by atoms with E-state index < -0.39 is 83.5 Å². The number of ketones is 1. The van der Waals surface area contributed by atoms with Crippen molar-refractivity contribution >= 4 is 17.7 Å². The van der Waals surface area contributed by atoms with Gasteiger partial charge in [0.25, 0.3) is 0 Å². The fraction of sp³-hybridized carbons (Fsp3) is 0.493. The predicted molar refractivity (Wildman–Crippen MR) is 316 cm³/mol. The summed E-state index contributed by atoms with van der Waals surface area (Å²) < 4.78 is 36.5. The first-order valence-electron chi connectivity index (χ1n) is 28.3. The van der Waals surface area contributed by atoms with E-state index in [1.54, 1.807) is 32.9 Å². The Labute approximate surface area is 482 Å². The SMILES string of the molecule is C.CC[C@H]1OC(=O)[C@H](C)[C@@H](OCc2ccccc2)CC(=O)[C@](C)(O)C[C@@H](C)[C@H](OCc2ccccc2)C=C=C=C1C.CC[C@H]1OC(=O)[C@H](C)[C@@H](OCc2ccccc2)C[C@H](O)[C@](C)(O)C[C@@H](C)[C@H](OCc2ccccc2)C=C=C=C1C. The molecule has 2 aliphatic heterocycles. The van der Waals surface area contributed by atoms with Crippen LogP contribution in [-0.2, 0) is 69.2 Å². The molecule has 438 valence electrons. The molecular weight excluding hydrogens is 1020 g/mol. The van der Waals surface area contributed by atoms with Gasteiger partial charge in [0.05, 0.1) is 74.4 Å². The molecule has 0 spiro atoms. The minimum absolute atomic E-state index is 0. The van der Waals surface area contributed by atoms with E-state index in [4.69, 9.17) is 28.4 Å². The molecule has 2 heterocycles. The summed E-state index contributed by atoms with van der Waals surface area (Å²) in [5.74, 6) is -3.05. The highest BCUT2D eigenvalue weighted by molar-refractivity contribution is 5.87. The second-order valence-electron chi connectivity index (χ2n) is 22.0. The molecular formula is C69H90O12. The number of benzene rings is 4. The molecule has 0 saturated carbocycles. The highest BCUT2D eigenvalue weighted by atomic mass is 16.6. The molecule has 6 rings (SSSR count). The maximum Gasteiger partial charge on any atom is 0.311 e. The van der Waals surface area contributed by atoms with Crippen LogP contribution in [0.15, 0.2) is 168 Å². The van der Waals surface area contributed by atoms with Crippen molar-refractivity contribution in [2.24, 2.45) is 23.7 Å². The number of ether oxygens (including phenoxy) is 6. The molecule has 2 aliphatic rings. The smallest absolute Gasteiger partial charge is 0.311 e. The van der Waals surface area contributed by atoms with E-state index in [2.05, 4.69) is 22.9 Å². The highest BCUT2D eigenvalue weighted by Gasteiger charge is 2.41. The van der Waals surface area contributed by atoms with Crippen molar-refractivity contribution < 1.29 is 58.1 Å². The Morgan fingerprint density at radius 1 is 0.543 bits per heavy atom. The minimum atomic E-state index is -1.65. The largest absolute Gasteiger partial charge is 0.457 e. The minimum Gasteiger partial charge on any atom is -0.457 e. The van der Waals surface area contributed by atoms with Crippen molar-refractivity contribution in [3.63, 3.8) is 0 Å². The fourth-order valence-corrected chi connectivity index (χ4v) is 9.67. The maximum atomic E-state index is 13.5. The molecule has 0 fully saturated rings. The van der Waals surface area contributed by atoms with Gasteiger partial charge in [-0.3, -0.25) is 14.4 Å². The zero-order valence-electron chi connectivity index (χ0n) is 48.6. The van der Waals surface area contributed by atoms with Gasteiger partial charge in [0, 0.05) is 24.0 Å². The van der Waals surface area contributed by atoms with Crippen molar-refractivity contribution in [3.05, 3.63) is 190 Å². The second kappa shape index (κ2) is 33.7. The zero-order chi connectivity index (χ0) is 58.2. The van der Waals surface area contributed by atoms with Crippen LogP contribution < -0.4 is 0 Å². The summed E-state index contributed by atoms with van der Waals surface area (Å²) in [5, 5.41) is 34.0. The summed E-state index contributed by atoms with van der Waals surface area (Å²) in [6, 6.07) is 38.9. The molecule has 81 heavy (non-hydrogen) atoms. The Morgan fingerprint density at radius 3 is 1.27 bits per heavy atom. The lowest BCUT2D eigenvalue weighted by molar-refractivity contribution is -0.162. The summed E-state index contributed by atoms with van der Waals surface area (Å²) in [6.07, 6.45) is 0.689. The topological polar surface area (TPSA) is 167 Å². The highest BCUT2D eigenvalue weighted by Crippen LogP contribution is 2.32. The number of aliphatic hydroxyl groups excluding tert-OH is 1. The molecule has 0 aromatic heterocycles. The second-order valence-corrected chi connectivity index (χ2v) is 22.0. The van der Waals surface area contributed by atoms with Crippen molar-refractivity contribution in [2.45, 2.75) is 196 Å². The lowest BCUT2D eigenvalue weighted by atomic mass is 9.82. The van der Waals surface area contributed by atoms with Gasteiger partial charge in [-0.2, -0.15) is 0 Å². The van der Waals surface area contributed by atoms with Crippen LogP contribution in [-0.4, -0.2) is 87.0 Å². The van der Waals surface area contributed by atoms with Gasteiger partial charge in [0.15, 0.2) is 5.78 Å². The van der Waals surface area contributed by atoms with Crippen molar-refractivity contribution in [2.75, 3.05) is 0 Å². The number of cyclic esters (lactones) is 2. The average Bonchev–Trinajstić information content (AvgIpc) is 3.48. The van der Waals surface area contributed by atoms with E-state index in [-0.39, 0.29) is 58.2 Å². The molecule has 0 radical (unpaired) electrons. The first kappa shape index (κ1) is 67.3. The van der Waals surface area contributed by atoms with Crippen LogP contribution in [0, 0.1) is 23.7 Å². The third kappa shape index (κ3) is 21.9. The third-order valence-electron chi connectivity index (χ3n) is 15.0. The molecule has 13 atom stereocenters. The Hall–Kier alpha value is -6.19. The average molecular weight is 1110 g/mol. The van der Waals surface area contributed by atoms with Crippen LogP contribution in [0.25, 0.3) is 0 Å². The molecule has 4 aromatic carbocycles. The van der Waals surface area contributed by atoms with Gasteiger partial charge >= 0.3 is 11.9 Å². The van der Waals surface area contributed by atoms with E-state index in [9.17, 15) is 29.7 Å². The lowest BCUT2D eigenvalue weighted by Gasteiger charge is -2.36. The van der Waals surface area contributed by atoms with Gasteiger partial charge in [-0.15, -0.1) is 0 Å². The number of hydrogen-bond acceptors (Lipinski definition) is 12. The van der Waals surface area contributed by atoms with E-state index >= 15 is 0 Å². The predicted octanol–water partition coefficient (Wildman–Crippen LogP) is 12.7. The summed E-state index contributed by atoms with van der Waals surface area (Å²) in [4.78, 5) is 39.9. The van der Waals surface area contributed by atoms with Gasteiger partial charge in [0.1, 0.15) is 17.8 Å². The lowest BCUT2D eigenvalue weighted by Crippen LogP contribution is -2.46. The number of esters is 2. The molecule has 3 N–H and O–H groups in total. The molecule has 12 nitrogen and oxygen atoms in total. The van der Waals surface area contributed by atoms with Crippen molar-refractivity contribution in [1.29, 1.82) is 0 Å². The van der Waals surface area contributed by atoms with E-state index in [1.165, 1.54) is 6.92 Å². The Balaban J connectivity index is 0.000000344. The number of hydrogen-bond donors (Lipinski definition) is 3. The summed E-state index contributed by atoms with van der Waals surface area (Å²) >= 11 is 0. The van der Waals surface area contributed by atoms with Crippen LogP contribution >= 0.6 is 0 Å². The van der Waals surface area contributed by atoms with E-state index in [0.29, 0.717) is 26.1 Å². The van der Waals surface area contributed by atoms with Gasteiger partial charge in [0.2, 0.25) is 0 Å². The van der Waals surface area contributed by atoms with Gasteiger partial charge in [-0.1, -0.05) is 179 Å². The van der Waals surface area contributed by atoms with Crippen molar-refractivity contribution in [3.8, 4) is 0 Å². The molecule has 0 saturated heterocycles. The quantitative estimate of drug-likeness (QED) is 0.0809. The van der Waals surface area contributed by atoms with Crippen LogP contribution in [0.4, 0.5) is 0 Å². The number of carbonyl (C=O) groups is 3. The molecule has 0 bridgehead atoms. The summed E-state index contributed by atoms with van der Waals surface area (Å²) in [6.45, 7) is 19.4. The molecule has 0 amide bonds. The van der Waals surface area contributed by atoms with Crippen molar-refractivity contribution in [1.82, 2.24) is 0 Å². The molecule has 4 aromatic rings. The molecule has 0 aliphatic carbocycles. The standard InChI is InChI=1S/C34H44O6.C34H42O6.CH4/c2*1-6-29-24(2)14-13-19-30(38-22-27-15-9-7-10-16-27)25(3)21-34(5,37)32(35)20-31(26(4)33(36)40-29)39-23-28-17-11-8-12-18-28;/h7-12,15-19,25-26,29-32,35,37H,6,20-23H2,1-5H3;7-12,15-19,25-26,29-31,37H,6,20-23H2,1-5H3;1H4/t25-,26-,29-,30-,31+,32+,34-;25-,26-,29-,30-,31+,34-;/m11./s1. The summed E-state index contributed by atoms with van der Waals surface area (Å²) in [5.41, 5.74) is 14.7. The monoisotopic (exact) mass is 1110 g/mol. The van der Waals surface area contributed by atoms with Crippen LogP contribution in [0.3, 0.4) is 0 Å².